The molecule has 0 atom stereocenters. The van der Waals surface area contributed by atoms with Gasteiger partial charge in [-0.25, -0.2) is 8.42 Å². The minimum absolute atomic E-state index is 0.216. The molecule has 1 amide bonds. The summed E-state index contributed by atoms with van der Waals surface area (Å²) in [4.78, 5) is 12.0. The Bertz CT molecular complexity index is 287. The van der Waals surface area contributed by atoms with E-state index in [9.17, 15) is 13.2 Å². The first-order valence-corrected chi connectivity index (χ1v) is 5.67. The summed E-state index contributed by atoms with van der Waals surface area (Å²) in [6.07, 6.45) is 0. The van der Waals surface area contributed by atoms with E-state index in [0.717, 1.165) is 0 Å². The first kappa shape index (κ1) is 12.4. The average Bonchev–Trinajstić information content (AvgIpc) is 1.83. The van der Waals surface area contributed by atoms with Gasteiger partial charge in [-0.05, 0) is 20.8 Å². The molecular formula is C8H17NO3S. The van der Waals surface area contributed by atoms with Gasteiger partial charge < -0.3 is 4.90 Å². The van der Waals surface area contributed by atoms with Crippen molar-refractivity contribution in [1.82, 2.24) is 4.90 Å². The molecular weight excluding hydrogens is 190 g/mol. The fraction of sp³-hybridized carbons (Fsp3) is 0.875. The summed E-state index contributed by atoms with van der Waals surface area (Å²) in [5, 5.41) is 0. The van der Waals surface area contributed by atoms with E-state index in [1.54, 1.807) is 20.8 Å². The first-order valence-electron chi connectivity index (χ1n) is 4.02. The molecule has 0 aliphatic rings. The van der Waals surface area contributed by atoms with Crippen LogP contribution in [-0.2, 0) is 14.6 Å². The SMILES string of the molecule is CC(=O)N(C)CS(=O)(=O)C(C)(C)C. The number of hydrogen-bond acceptors (Lipinski definition) is 3. The maximum Gasteiger partial charge on any atom is 0.220 e. The van der Waals surface area contributed by atoms with Gasteiger partial charge in [-0.3, -0.25) is 4.79 Å². The molecule has 13 heavy (non-hydrogen) atoms. The zero-order valence-electron chi connectivity index (χ0n) is 8.79. The maximum absolute atomic E-state index is 11.6. The van der Waals surface area contributed by atoms with Gasteiger partial charge in [0.1, 0.15) is 5.88 Å². The van der Waals surface area contributed by atoms with Gasteiger partial charge in [0.15, 0.2) is 9.84 Å². The smallest absolute Gasteiger partial charge is 0.220 e. The summed E-state index contributed by atoms with van der Waals surface area (Å²) in [6, 6.07) is 0. The molecule has 0 saturated carbocycles. The second-order valence-electron chi connectivity index (χ2n) is 4.07. The van der Waals surface area contributed by atoms with Gasteiger partial charge in [0.25, 0.3) is 0 Å². The lowest BCUT2D eigenvalue weighted by Gasteiger charge is -2.23. The predicted molar refractivity (Wildman–Crippen MR) is 52.0 cm³/mol. The minimum Gasteiger partial charge on any atom is -0.332 e. The van der Waals surface area contributed by atoms with Crippen LogP contribution in [0.15, 0.2) is 0 Å². The molecule has 0 aliphatic heterocycles. The number of carbonyl (C=O) groups is 1. The Morgan fingerprint density at radius 3 is 1.92 bits per heavy atom. The Labute approximate surface area is 79.8 Å². The van der Waals surface area contributed by atoms with Gasteiger partial charge >= 0.3 is 0 Å². The molecule has 0 aromatic heterocycles. The zero-order valence-corrected chi connectivity index (χ0v) is 9.60. The number of sulfone groups is 1. The van der Waals surface area contributed by atoms with Gasteiger partial charge in [-0.1, -0.05) is 0 Å². The highest BCUT2D eigenvalue weighted by Crippen LogP contribution is 2.16. The highest BCUT2D eigenvalue weighted by atomic mass is 32.2. The third-order valence-electron chi connectivity index (χ3n) is 1.83. The first-order chi connectivity index (χ1) is 5.58. The Hall–Kier alpha value is -0.580. The topological polar surface area (TPSA) is 54.5 Å². The molecule has 0 aromatic rings. The summed E-state index contributed by atoms with van der Waals surface area (Å²) >= 11 is 0. The van der Waals surface area contributed by atoms with Crippen LogP contribution in [0.3, 0.4) is 0 Å². The Balaban J connectivity index is 4.64. The van der Waals surface area contributed by atoms with Crippen molar-refractivity contribution in [3.05, 3.63) is 0 Å². The summed E-state index contributed by atoms with van der Waals surface area (Å²) in [7, 11) is -1.76. The fourth-order valence-electron chi connectivity index (χ4n) is 0.539. The van der Waals surface area contributed by atoms with E-state index in [4.69, 9.17) is 0 Å². The molecule has 4 nitrogen and oxygen atoms in total. The van der Waals surface area contributed by atoms with Crippen LogP contribution in [-0.4, -0.2) is 36.9 Å². The van der Waals surface area contributed by atoms with Crippen molar-refractivity contribution >= 4 is 15.7 Å². The van der Waals surface area contributed by atoms with E-state index in [0.29, 0.717) is 0 Å². The molecule has 0 heterocycles. The van der Waals surface area contributed by atoms with Gasteiger partial charge in [-0.15, -0.1) is 0 Å². The molecule has 0 rings (SSSR count). The molecule has 0 aliphatic carbocycles. The van der Waals surface area contributed by atoms with Crippen molar-refractivity contribution in [3.8, 4) is 0 Å². The molecule has 0 unspecified atom stereocenters. The van der Waals surface area contributed by atoms with Crippen molar-refractivity contribution in [2.45, 2.75) is 32.4 Å². The lowest BCUT2D eigenvalue weighted by molar-refractivity contribution is -0.126. The highest BCUT2D eigenvalue weighted by Gasteiger charge is 2.30. The molecule has 0 saturated heterocycles. The van der Waals surface area contributed by atoms with E-state index in [2.05, 4.69) is 0 Å². The summed E-state index contributed by atoms with van der Waals surface area (Å²) in [5.41, 5.74) is 0. The lowest BCUT2D eigenvalue weighted by Crippen LogP contribution is -2.39. The van der Waals surface area contributed by atoms with Crippen LogP contribution in [0.2, 0.25) is 0 Å². The molecule has 0 fully saturated rings. The monoisotopic (exact) mass is 207 g/mol. The van der Waals surface area contributed by atoms with Crippen molar-refractivity contribution in [2.24, 2.45) is 0 Å². The highest BCUT2D eigenvalue weighted by molar-refractivity contribution is 7.92. The second kappa shape index (κ2) is 3.65. The van der Waals surface area contributed by atoms with Crippen LogP contribution < -0.4 is 0 Å². The molecule has 0 N–H and O–H groups in total. The van der Waals surface area contributed by atoms with E-state index >= 15 is 0 Å². The van der Waals surface area contributed by atoms with E-state index in [1.807, 2.05) is 0 Å². The standard InChI is InChI=1S/C8H17NO3S/c1-7(10)9(5)6-13(11,12)8(2,3)4/h6H2,1-5H3. The summed E-state index contributed by atoms with van der Waals surface area (Å²) in [6.45, 7) is 6.21. The Morgan fingerprint density at radius 1 is 1.31 bits per heavy atom. The van der Waals surface area contributed by atoms with Gasteiger partial charge in [0.05, 0.1) is 4.75 Å². The van der Waals surface area contributed by atoms with Crippen LogP contribution in [0.25, 0.3) is 0 Å². The summed E-state index contributed by atoms with van der Waals surface area (Å²) < 4.78 is 22.3. The van der Waals surface area contributed by atoms with E-state index in [-0.39, 0.29) is 11.8 Å². The average molecular weight is 207 g/mol. The van der Waals surface area contributed by atoms with Crippen LogP contribution >= 0.6 is 0 Å². The number of rotatable bonds is 2. The summed E-state index contributed by atoms with van der Waals surface area (Å²) in [5.74, 6) is -0.459. The molecule has 0 spiro atoms. The van der Waals surface area contributed by atoms with Crippen molar-refractivity contribution in [1.29, 1.82) is 0 Å². The number of nitrogens with zero attached hydrogens (tertiary/aromatic N) is 1. The van der Waals surface area contributed by atoms with Crippen LogP contribution in [0, 0.1) is 0 Å². The van der Waals surface area contributed by atoms with Crippen LogP contribution in [0.4, 0.5) is 0 Å². The van der Waals surface area contributed by atoms with Crippen LogP contribution in [0.5, 0.6) is 0 Å². The normalized spacial score (nSPS) is 12.7. The van der Waals surface area contributed by atoms with Gasteiger partial charge in [0, 0.05) is 14.0 Å². The van der Waals surface area contributed by atoms with Crippen molar-refractivity contribution in [3.63, 3.8) is 0 Å². The third-order valence-corrected chi connectivity index (χ3v) is 4.43. The molecule has 78 valence electrons. The van der Waals surface area contributed by atoms with Gasteiger partial charge in [0.2, 0.25) is 5.91 Å². The zero-order chi connectivity index (χ0) is 10.9. The Kier molecular flexibility index (Phi) is 3.49. The molecule has 5 heteroatoms. The largest absolute Gasteiger partial charge is 0.332 e. The molecule has 0 radical (unpaired) electrons. The predicted octanol–water partition coefficient (Wildman–Crippen LogP) is 0.636. The number of amides is 1. The number of carbonyl (C=O) groups excluding carboxylic acids is 1. The fourth-order valence-corrected chi connectivity index (χ4v) is 1.62. The second-order valence-corrected chi connectivity index (χ2v) is 6.79. The van der Waals surface area contributed by atoms with Crippen molar-refractivity contribution < 1.29 is 13.2 Å². The Morgan fingerprint density at radius 2 is 1.69 bits per heavy atom. The lowest BCUT2D eigenvalue weighted by atomic mass is 10.3. The quantitative estimate of drug-likeness (QED) is 0.667. The van der Waals surface area contributed by atoms with Gasteiger partial charge in [-0.2, -0.15) is 0 Å². The van der Waals surface area contributed by atoms with Crippen molar-refractivity contribution in [2.75, 3.05) is 12.9 Å². The minimum atomic E-state index is -3.24. The third kappa shape index (κ3) is 3.34. The van der Waals surface area contributed by atoms with E-state index < -0.39 is 14.6 Å². The van der Waals surface area contributed by atoms with Crippen LogP contribution in [0.1, 0.15) is 27.7 Å². The number of hydrogen-bond donors (Lipinski definition) is 0. The molecule has 0 bridgehead atoms. The molecule has 0 aromatic carbocycles. The van der Waals surface area contributed by atoms with E-state index in [1.165, 1.54) is 18.9 Å². The maximum atomic E-state index is 11.6.